The van der Waals surface area contributed by atoms with Crippen LogP contribution in [0.25, 0.3) is 0 Å². The van der Waals surface area contributed by atoms with Crippen LogP contribution in [0.3, 0.4) is 0 Å². The average Bonchev–Trinajstić information content (AvgIpc) is 3.02. The normalized spacial score (nSPS) is 21.2. The van der Waals surface area contributed by atoms with E-state index in [1.807, 2.05) is 19.0 Å². The number of nitrogens with zero attached hydrogens (tertiary/aromatic N) is 4. The maximum atomic E-state index is 13.6. The highest BCUT2D eigenvalue weighted by molar-refractivity contribution is 6.32. The number of likely N-dealkylation sites (N-methyl/N-ethyl adjacent to an activating group) is 1. The van der Waals surface area contributed by atoms with E-state index in [2.05, 4.69) is 0 Å². The van der Waals surface area contributed by atoms with E-state index in [0.29, 0.717) is 49.9 Å². The molecule has 9 nitrogen and oxygen atoms in total. The van der Waals surface area contributed by atoms with Crippen molar-refractivity contribution in [3.05, 3.63) is 34.9 Å². The maximum Gasteiger partial charge on any atom is 0.409 e. The van der Waals surface area contributed by atoms with E-state index in [1.165, 1.54) is 4.90 Å². The molecule has 0 radical (unpaired) electrons. The molecule has 2 aliphatic heterocycles. The van der Waals surface area contributed by atoms with Crippen LogP contribution in [0.1, 0.15) is 25.3 Å². The molecular formula is C23H31ClN4O5. The van der Waals surface area contributed by atoms with Crippen molar-refractivity contribution in [1.29, 1.82) is 0 Å². The lowest BCUT2D eigenvalue weighted by Crippen LogP contribution is -2.52. The Morgan fingerprint density at radius 3 is 2.33 bits per heavy atom. The Balaban J connectivity index is 1.82. The predicted octanol–water partition coefficient (Wildman–Crippen LogP) is 1.59. The molecule has 1 aromatic rings. The van der Waals surface area contributed by atoms with Gasteiger partial charge in [-0.15, -0.1) is 0 Å². The Hall–Kier alpha value is -2.65. The van der Waals surface area contributed by atoms with Gasteiger partial charge in [0.25, 0.3) is 0 Å². The van der Waals surface area contributed by atoms with Crippen LogP contribution in [-0.2, 0) is 24.5 Å². The monoisotopic (exact) mass is 478 g/mol. The minimum absolute atomic E-state index is 0.0997. The first-order valence-corrected chi connectivity index (χ1v) is 11.5. The average molecular weight is 479 g/mol. The zero-order valence-electron chi connectivity index (χ0n) is 19.4. The first kappa shape index (κ1) is 25.0. The van der Waals surface area contributed by atoms with Crippen LogP contribution in [0.4, 0.5) is 4.79 Å². The van der Waals surface area contributed by atoms with Crippen LogP contribution in [0.2, 0.25) is 5.02 Å². The van der Waals surface area contributed by atoms with E-state index in [-0.39, 0.29) is 37.1 Å². The van der Waals surface area contributed by atoms with Gasteiger partial charge in [-0.3, -0.25) is 19.3 Å². The van der Waals surface area contributed by atoms with Crippen LogP contribution < -0.4 is 0 Å². The van der Waals surface area contributed by atoms with Crippen LogP contribution in [0.5, 0.6) is 0 Å². The molecule has 0 spiro atoms. The number of benzene rings is 1. The minimum atomic E-state index is -1.34. The molecule has 0 bridgehead atoms. The third-order valence-electron chi connectivity index (χ3n) is 6.18. The van der Waals surface area contributed by atoms with Gasteiger partial charge in [-0.1, -0.05) is 29.8 Å². The Kier molecular flexibility index (Phi) is 7.97. The summed E-state index contributed by atoms with van der Waals surface area (Å²) < 4.78 is 5.03. The summed E-state index contributed by atoms with van der Waals surface area (Å²) in [4.78, 5) is 58.1. The van der Waals surface area contributed by atoms with Gasteiger partial charge in [-0.05, 0) is 32.6 Å². The largest absolute Gasteiger partial charge is 0.450 e. The van der Waals surface area contributed by atoms with Crippen molar-refractivity contribution in [2.45, 2.75) is 25.2 Å². The van der Waals surface area contributed by atoms with Crippen LogP contribution in [0.15, 0.2) is 24.3 Å². The Morgan fingerprint density at radius 1 is 1.09 bits per heavy atom. The molecule has 1 unspecified atom stereocenters. The summed E-state index contributed by atoms with van der Waals surface area (Å²) in [5.74, 6) is -0.934. The highest BCUT2D eigenvalue weighted by Gasteiger charge is 2.54. The second-order valence-electron chi connectivity index (χ2n) is 8.64. The molecule has 3 rings (SSSR count). The van der Waals surface area contributed by atoms with Crippen LogP contribution in [0, 0.1) is 0 Å². The zero-order chi connectivity index (χ0) is 24.2. The number of carbonyl (C=O) groups is 4. The van der Waals surface area contributed by atoms with Gasteiger partial charge in [0.05, 0.1) is 12.0 Å². The number of imide groups is 1. The van der Waals surface area contributed by atoms with Crippen molar-refractivity contribution in [2.75, 3.05) is 60.0 Å². The summed E-state index contributed by atoms with van der Waals surface area (Å²) in [6.07, 6.45) is -0.651. The number of carbonyl (C=O) groups excluding carboxylic acids is 4. The van der Waals surface area contributed by atoms with Crippen molar-refractivity contribution >= 4 is 35.4 Å². The molecule has 0 N–H and O–H groups in total. The molecule has 0 aliphatic carbocycles. The quantitative estimate of drug-likeness (QED) is 0.553. The van der Waals surface area contributed by atoms with E-state index in [0.717, 1.165) is 0 Å². The molecule has 4 amide bonds. The molecular weight excluding hydrogens is 448 g/mol. The van der Waals surface area contributed by atoms with Gasteiger partial charge in [0.2, 0.25) is 17.7 Å². The highest BCUT2D eigenvalue weighted by atomic mass is 35.5. The summed E-state index contributed by atoms with van der Waals surface area (Å²) in [5.41, 5.74) is -0.840. The molecule has 0 saturated carbocycles. The van der Waals surface area contributed by atoms with Gasteiger partial charge in [0, 0.05) is 57.1 Å². The van der Waals surface area contributed by atoms with E-state index in [9.17, 15) is 19.2 Å². The van der Waals surface area contributed by atoms with Gasteiger partial charge in [0.1, 0.15) is 0 Å². The highest BCUT2D eigenvalue weighted by Crippen LogP contribution is 2.43. The van der Waals surface area contributed by atoms with E-state index >= 15 is 0 Å². The molecule has 180 valence electrons. The molecule has 33 heavy (non-hydrogen) atoms. The fourth-order valence-corrected chi connectivity index (χ4v) is 4.66. The van der Waals surface area contributed by atoms with E-state index < -0.39 is 11.5 Å². The van der Waals surface area contributed by atoms with Crippen molar-refractivity contribution < 1.29 is 23.9 Å². The summed E-state index contributed by atoms with van der Waals surface area (Å²) in [7, 11) is 3.73. The lowest BCUT2D eigenvalue weighted by atomic mass is 9.75. The topological polar surface area (TPSA) is 90.5 Å². The summed E-state index contributed by atoms with van der Waals surface area (Å²) in [6, 6.07) is 6.89. The lowest BCUT2D eigenvalue weighted by molar-refractivity contribution is -0.143. The number of halogens is 1. The number of rotatable bonds is 7. The number of piperazine rings is 1. The molecule has 1 atom stereocenters. The third kappa shape index (κ3) is 5.30. The third-order valence-corrected chi connectivity index (χ3v) is 6.51. The fraction of sp³-hybridized carbons (Fsp3) is 0.565. The molecule has 2 heterocycles. The van der Waals surface area contributed by atoms with Crippen LogP contribution in [-0.4, -0.2) is 103 Å². The Morgan fingerprint density at radius 2 is 1.73 bits per heavy atom. The number of ether oxygens (including phenoxy) is 1. The standard InChI is InChI=1S/C23H31ClN4O5/c1-4-33-22(32)27-12-10-26(11-13-27)19(29)15-23(17-7-5-6-8-18(17)24)16-20(30)28(21(23)31)14-9-25(2)3/h5-8H,4,9-16H2,1-3H3. The molecule has 1 aromatic carbocycles. The fourth-order valence-electron chi connectivity index (χ4n) is 4.34. The predicted molar refractivity (Wildman–Crippen MR) is 123 cm³/mol. The van der Waals surface area contributed by atoms with Gasteiger partial charge < -0.3 is 19.4 Å². The second-order valence-corrected chi connectivity index (χ2v) is 9.04. The summed E-state index contributed by atoms with van der Waals surface area (Å²) >= 11 is 6.46. The van der Waals surface area contributed by atoms with Gasteiger partial charge >= 0.3 is 6.09 Å². The summed E-state index contributed by atoms with van der Waals surface area (Å²) in [6.45, 7) is 4.19. The van der Waals surface area contributed by atoms with Gasteiger partial charge in [0.15, 0.2) is 0 Å². The molecule has 2 aliphatic rings. The number of amides is 4. The lowest BCUT2D eigenvalue weighted by Gasteiger charge is -2.36. The van der Waals surface area contributed by atoms with Crippen molar-refractivity contribution in [3.63, 3.8) is 0 Å². The zero-order valence-corrected chi connectivity index (χ0v) is 20.1. The van der Waals surface area contributed by atoms with Crippen molar-refractivity contribution in [1.82, 2.24) is 19.6 Å². The number of likely N-dealkylation sites (tertiary alicyclic amines) is 1. The SMILES string of the molecule is CCOC(=O)N1CCN(C(=O)CC2(c3ccccc3Cl)CC(=O)N(CCN(C)C)C2=O)CC1. The van der Waals surface area contributed by atoms with E-state index in [1.54, 1.807) is 41.0 Å². The minimum Gasteiger partial charge on any atom is -0.450 e. The second kappa shape index (κ2) is 10.5. The van der Waals surface area contributed by atoms with Crippen molar-refractivity contribution in [3.8, 4) is 0 Å². The smallest absolute Gasteiger partial charge is 0.409 e. The Bertz CT molecular complexity index is 916. The maximum absolute atomic E-state index is 13.6. The van der Waals surface area contributed by atoms with Crippen LogP contribution >= 0.6 is 11.6 Å². The van der Waals surface area contributed by atoms with Gasteiger partial charge in [-0.25, -0.2) is 4.79 Å². The van der Waals surface area contributed by atoms with Gasteiger partial charge in [-0.2, -0.15) is 0 Å². The number of hydrogen-bond acceptors (Lipinski definition) is 6. The molecule has 10 heteroatoms. The molecule has 0 aromatic heterocycles. The first-order valence-electron chi connectivity index (χ1n) is 11.1. The number of hydrogen-bond donors (Lipinski definition) is 0. The molecule has 2 saturated heterocycles. The summed E-state index contributed by atoms with van der Waals surface area (Å²) in [5, 5.41) is 0.355. The Labute approximate surface area is 199 Å². The van der Waals surface area contributed by atoms with Crippen molar-refractivity contribution in [2.24, 2.45) is 0 Å². The first-order chi connectivity index (χ1) is 15.7. The van der Waals surface area contributed by atoms with E-state index in [4.69, 9.17) is 16.3 Å². The molecule has 2 fully saturated rings.